The van der Waals surface area contributed by atoms with Gasteiger partial charge in [0.2, 0.25) is 5.91 Å². The van der Waals surface area contributed by atoms with Crippen LogP contribution in [-0.2, 0) is 9.53 Å². The number of hydrogen-bond donors (Lipinski definition) is 1. The summed E-state index contributed by atoms with van der Waals surface area (Å²) in [4.78, 5) is 42.0. The van der Waals surface area contributed by atoms with Gasteiger partial charge in [0.05, 0.1) is 24.1 Å². The van der Waals surface area contributed by atoms with E-state index in [1.54, 1.807) is 13.8 Å². The zero-order valence-electron chi connectivity index (χ0n) is 21.1. The first kappa shape index (κ1) is 24.7. The molecule has 0 bridgehead atoms. The van der Waals surface area contributed by atoms with Crippen LogP contribution in [0.15, 0.2) is 45.6 Å². The Balaban J connectivity index is 1.17. The maximum Gasteiger partial charge on any atom is 0.336 e. The molecule has 1 N–H and O–H groups in total. The highest BCUT2D eigenvalue weighted by Gasteiger charge is 2.42. The van der Waals surface area contributed by atoms with Crippen molar-refractivity contribution in [2.24, 2.45) is 17.8 Å². The average Bonchev–Trinajstić information content (AvgIpc) is 3.58. The van der Waals surface area contributed by atoms with Crippen LogP contribution in [-0.4, -0.2) is 67.6 Å². The van der Waals surface area contributed by atoms with E-state index in [1.807, 2.05) is 23.1 Å². The van der Waals surface area contributed by atoms with Gasteiger partial charge in [-0.3, -0.25) is 9.59 Å². The third-order valence-corrected chi connectivity index (χ3v) is 7.95. The SMILES string of the molecule is Cc1cc(=O)oc(C)c1C(=O)N1CC2CN(CC[C@H](NC(=O)C3CCOC3)c3ccccc3)CC2C1. The summed E-state index contributed by atoms with van der Waals surface area (Å²) in [6, 6.07) is 11.5. The summed E-state index contributed by atoms with van der Waals surface area (Å²) in [5, 5.41) is 3.27. The Labute approximate surface area is 211 Å². The molecule has 36 heavy (non-hydrogen) atoms. The van der Waals surface area contributed by atoms with E-state index < -0.39 is 5.63 Å². The summed E-state index contributed by atoms with van der Waals surface area (Å²) in [5.41, 5.74) is 1.89. The monoisotopic (exact) mass is 493 g/mol. The molecule has 3 unspecified atom stereocenters. The van der Waals surface area contributed by atoms with Gasteiger partial charge < -0.3 is 24.3 Å². The number of fused-ring (bicyclic) bond motifs is 1. The molecule has 0 saturated carbocycles. The molecule has 3 fully saturated rings. The quantitative estimate of drug-likeness (QED) is 0.638. The fraction of sp³-hybridized carbons (Fsp3) is 0.536. The van der Waals surface area contributed by atoms with E-state index in [4.69, 9.17) is 9.15 Å². The Morgan fingerprint density at radius 3 is 2.44 bits per heavy atom. The van der Waals surface area contributed by atoms with Crippen LogP contribution in [0.3, 0.4) is 0 Å². The van der Waals surface area contributed by atoms with Crippen LogP contribution >= 0.6 is 0 Å². The maximum atomic E-state index is 13.2. The smallest absolute Gasteiger partial charge is 0.336 e. The first-order chi connectivity index (χ1) is 17.4. The Kier molecular flexibility index (Phi) is 7.25. The summed E-state index contributed by atoms with van der Waals surface area (Å²) in [7, 11) is 0. The van der Waals surface area contributed by atoms with Gasteiger partial charge in [-0.25, -0.2) is 4.79 Å². The molecule has 3 saturated heterocycles. The second-order valence-electron chi connectivity index (χ2n) is 10.5. The van der Waals surface area contributed by atoms with Crippen molar-refractivity contribution in [3.05, 3.63) is 69.3 Å². The summed E-state index contributed by atoms with van der Waals surface area (Å²) in [6.07, 6.45) is 1.62. The van der Waals surface area contributed by atoms with Gasteiger partial charge in [0.25, 0.3) is 5.91 Å². The van der Waals surface area contributed by atoms with E-state index in [9.17, 15) is 14.4 Å². The number of rotatable bonds is 7. The zero-order valence-corrected chi connectivity index (χ0v) is 21.1. The van der Waals surface area contributed by atoms with E-state index in [0.717, 1.165) is 51.1 Å². The van der Waals surface area contributed by atoms with Crippen molar-refractivity contribution >= 4 is 11.8 Å². The zero-order chi connectivity index (χ0) is 25.2. The Hall–Kier alpha value is -2.97. The molecule has 0 spiro atoms. The number of aryl methyl sites for hydroxylation is 2. The van der Waals surface area contributed by atoms with Crippen LogP contribution in [0, 0.1) is 31.6 Å². The normalized spacial score (nSPS) is 24.6. The van der Waals surface area contributed by atoms with Crippen molar-refractivity contribution in [3.8, 4) is 0 Å². The number of benzene rings is 1. The van der Waals surface area contributed by atoms with Gasteiger partial charge in [-0.05, 0) is 49.7 Å². The molecule has 1 aromatic heterocycles. The molecule has 3 aliphatic heterocycles. The minimum Gasteiger partial charge on any atom is -0.427 e. The van der Waals surface area contributed by atoms with Crippen molar-refractivity contribution in [2.75, 3.05) is 45.9 Å². The molecular formula is C28H35N3O5. The molecule has 2 aromatic rings. The highest BCUT2D eigenvalue weighted by atomic mass is 16.5. The van der Waals surface area contributed by atoms with Gasteiger partial charge in [-0.1, -0.05) is 30.3 Å². The topological polar surface area (TPSA) is 92.1 Å². The van der Waals surface area contributed by atoms with Crippen LogP contribution in [0.25, 0.3) is 0 Å². The van der Waals surface area contributed by atoms with Crippen LogP contribution in [0.5, 0.6) is 0 Å². The molecule has 4 heterocycles. The highest BCUT2D eigenvalue weighted by Crippen LogP contribution is 2.33. The van der Waals surface area contributed by atoms with E-state index >= 15 is 0 Å². The molecule has 0 aliphatic carbocycles. The summed E-state index contributed by atoms with van der Waals surface area (Å²) in [5.74, 6) is 1.24. The number of carbonyl (C=O) groups is 2. The Morgan fingerprint density at radius 1 is 1.08 bits per heavy atom. The van der Waals surface area contributed by atoms with Crippen molar-refractivity contribution < 1.29 is 18.7 Å². The molecule has 192 valence electrons. The van der Waals surface area contributed by atoms with Crippen molar-refractivity contribution in [1.82, 2.24) is 15.1 Å². The molecule has 8 heteroatoms. The number of likely N-dealkylation sites (tertiary alicyclic amines) is 2. The summed E-state index contributed by atoms with van der Waals surface area (Å²) >= 11 is 0. The average molecular weight is 494 g/mol. The molecular weight excluding hydrogens is 458 g/mol. The van der Waals surface area contributed by atoms with Crippen molar-refractivity contribution in [1.29, 1.82) is 0 Å². The number of amides is 2. The third-order valence-electron chi connectivity index (χ3n) is 7.95. The standard InChI is InChI=1S/C28H35N3O5/c1-18-12-25(32)36-19(2)26(18)28(34)31-15-22-13-30(14-23(22)16-31)10-8-24(20-6-4-3-5-7-20)29-27(33)21-9-11-35-17-21/h3-7,12,21-24H,8-11,13-17H2,1-2H3,(H,29,33)/t21?,22?,23?,24-/m0/s1. The molecule has 3 aliphatic rings. The van der Waals surface area contributed by atoms with Gasteiger partial charge >= 0.3 is 5.63 Å². The van der Waals surface area contributed by atoms with E-state index in [0.29, 0.717) is 41.9 Å². The minimum atomic E-state index is -0.419. The fourth-order valence-corrected chi connectivity index (χ4v) is 6.02. The number of ether oxygens (including phenoxy) is 1. The summed E-state index contributed by atoms with van der Waals surface area (Å²) in [6.45, 7) is 8.86. The first-order valence-electron chi connectivity index (χ1n) is 12.9. The fourth-order valence-electron chi connectivity index (χ4n) is 6.02. The van der Waals surface area contributed by atoms with Crippen LogP contribution in [0.4, 0.5) is 0 Å². The van der Waals surface area contributed by atoms with Crippen LogP contribution < -0.4 is 10.9 Å². The molecule has 5 rings (SSSR count). The number of carbonyl (C=O) groups excluding carboxylic acids is 2. The van der Waals surface area contributed by atoms with Crippen LogP contribution in [0.2, 0.25) is 0 Å². The molecule has 0 radical (unpaired) electrons. The first-order valence-corrected chi connectivity index (χ1v) is 12.9. The van der Waals surface area contributed by atoms with Crippen molar-refractivity contribution in [2.45, 2.75) is 32.7 Å². The minimum absolute atomic E-state index is 0.0310. The summed E-state index contributed by atoms with van der Waals surface area (Å²) < 4.78 is 10.6. The molecule has 4 atom stereocenters. The van der Waals surface area contributed by atoms with E-state index in [1.165, 1.54) is 6.07 Å². The second kappa shape index (κ2) is 10.6. The predicted octanol–water partition coefficient (Wildman–Crippen LogP) is 2.54. The lowest BCUT2D eigenvalue weighted by atomic mass is 10.0. The molecule has 2 amide bonds. The second-order valence-corrected chi connectivity index (χ2v) is 10.5. The van der Waals surface area contributed by atoms with E-state index in [2.05, 4.69) is 22.3 Å². The lowest BCUT2D eigenvalue weighted by molar-refractivity contribution is -0.125. The van der Waals surface area contributed by atoms with Gasteiger partial charge in [0.15, 0.2) is 0 Å². The van der Waals surface area contributed by atoms with Gasteiger partial charge in [-0.15, -0.1) is 0 Å². The maximum absolute atomic E-state index is 13.2. The van der Waals surface area contributed by atoms with Crippen LogP contribution in [0.1, 0.15) is 46.1 Å². The highest BCUT2D eigenvalue weighted by molar-refractivity contribution is 5.96. The van der Waals surface area contributed by atoms with Gasteiger partial charge in [0.1, 0.15) is 5.76 Å². The third kappa shape index (κ3) is 5.25. The van der Waals surface area contributed by atoms with E-state index in [-0.39, 0.29) is 23.8 Å². The number of hydrogen-bond acceptors (Lipinski definition) is 6. The Bertz CT molecular complexity index is 1120. The molecule has 8 nitrogen and oxygen atoms in total. The largest absolute Gasteiger partial charge is 0.427 e. The Morgan fingerprint density at radius 2 is 1.81 bits per heavy atom. The lowest BCUT2D eigenvalue weighted by Crippen LogP contribution is -2.37. The van der Waals surface area contributed by atoms with Gasteiger partial charge in [0, 0.05) is 45.4 Å². The van der Waals surface area contributed by atoms with Gasteiger partial charge in [-0.2, -0.15) is 0 Å². The predicted molar refractivity (Wildman–Crippen MR) is 135 cm³/mol. The number of nitrogens with zero attached hydrogens (tertiary/aromatic N) is 2. The molecule has 1 aromatic carbocycles. The number of nitrogens with one attached hydrogen (secondary N) is 1. The lowest BCUT2D eigenvalue weighted by Gasteiger charge is -2.25. The van der Waals surface area contributed by atoms with Crippen molar-refractivity contribution in [3.63, 3.8) is 0 Å².